The van der Waals surface area contributed by atoms with Gasteiger partial charge < -0.3 is 11.1 Å². The third-order valence-corrected chi connectivity index (χ3v) is 3.30. The highest BCUT2D eigenvalue weighted by molar-refractivity contribution is 9.10. The van der Waals surface area contributed by atoms with E-state index in [1.165, 1.54) is 5.56 Å². The zero-order valence-electron chi connectivity index (χ0n) is 10.3. The first kappa shape index (κ1) is 13.1. The molecule has 1 aromatic carbocycles. The first-order chi connectivity index (χ1) is 8.69. The summed E-state index contributed by atoms with van der Waals surface area (Å²) >= 11 is 3.50. The molecule has 2 rings (SSSR count). The number of anilines is 1. The largest absolute Gasteiger partial charge is 0.365 e. The van der Waals surface area contributed by atoms with Gasteiger partial charge in [0.2, 0.25) is 0 Å². The van der Waals surface area contributed by atoms with Crippen LogP contribution in [0.15, 0.2) is 41.0 Å². The summed E-state index contributed by atoms with van der Waals surface area (Å²) in [5, 5.41) is 3.30. The van der Waals surface area contributed by atoms with Crippen LogP contribution in [-0.4, -0.2) is 4.98 Å². The molecule has 0 aliphatic heterocycles. The third kappa shape index (κ3) is 3.31. The van der Waals surface area contributed by atoms with E-state index in [1.807, 2.05) is 19.2 Å². The molecule has 0 unspecified atom stereocenters. The Labute approximate surface area is 116 Å². The molecule has 3 nitrogen and oxygen atoms in total. The van der Waals surface area contributed by atoms with E-state index in [-0.39, 0.29) is 0 Å². The van der Waals surface area contributed by atoms with Gasteiger partial charge in [0.25, 0.3) is 0 Å². The van der Waals surface area contributed by atoms with Crippen molar-refractivity contribution in [2.24, 2.45) is 5.73 Å². The molecule has 0 spiro atoms. The second kappa shape index (κ2) is 5.98. The van der Waals surface area contributed by atoms with Gasteiger partial charge in [0, 0.05) is 19.3 Å². The van der Waals surface area contributed by atoms with E-state index in [1.54, 1.807) is 0 Å². The van der Waals surface area contributed by atoms with Crippen LogP contribution < -0.4 is 11.1 Å². The molecule has 0 fully saturated rings. The standard InChI is InChI=1S/C14H16BrN3/c1-10-6-13(15)14(17-8-10)18-9-12-4-2-11(7-16)3-5-12/h2-6,8H,7,9,16H2,1H3,(H,17,18). The lowest BCUT2D eigenvalue weighted by molar-refractivity contribution is 1.05. The Balaban J connectivity index is 2.02. The van der Waals surface area contributed by atoms with Crippen LogP contribution in [0.4, 0.5) is 5.82 Å². The van der Waals surface area contributed by atoms with Crippen LogP contribution in [0.1, 0.15) is 16.7 Å². The maximum absolute atomic E-state index is 5.57. The van der Waals surface area contributed by atoms with Crippen molar-refractivity contribution >= 4 is 21.7 Å². The summed E-state index contributed by atoms with van der Waals surface area (Å²) < 4.78 is 0.987. The second-order valence-corrected chi connectivity index (χ2v) is 5.07. The summed E-state index contributed by atoms with van der Waals surface area (Å²) in [5.41, 5.74) is 9.06. The number of nitrogens with zero attached hydrogens (tertiary/aromatic N) is 1. The van der Waals surface area contributed by atoms with Gasteiger partial charge in [0.15, 0.2) is 0 Å². The van der Waals surface area contributed by atoms with Gasteiger partial charge in [-0.15, -0.1) is 0 Å². The molecule has 1 aromatic heterocycles. The Hall–Kier alpha value is -1.39. The van der Waals surface area contributed by atoms with Gasteiger partial charge in [-0.2, -0.15) is 0 Å². The summed E-state index contributed by atoms with van der Waals surface area (Å²) in [4.78, 5) is 4.35. The van der Waals surface area contributed by atoms with Crippen LogP contribution in [0.2, 0.25) is 0 Å². The Morgan fingerprint density at radius 2 is 1.89 bits per heavy atom. The molecule has 0 aliphatic carbocycles. The van der Waals surface area contributed by atoms with Crippen molar-refractivity contribution in [1.29, 1.82) is 0 Å². The molecule has 0 atom stereocenters. The third-order valence-electron chi connectivity index (χ3n) is 2.70. The van der Waals surface area contributed by atoms with Crippen LogP contribution >= 0.6 is 15.9 Å². The number of aromatic nitrogens is 1. The van der Waals surface area contributed by atoms with E-state index in [2.05, 4.69) is 50.5 Å². The molecule has 94 valence electrons. The van der Waals surface area contributed by atoms with E-state index in [9.17, 15) is 0 Å². The molecule has 3 N–H and O–H groups in total. The lowest BCUT2D eigenvalue weighted by Crippen LogP contribution is -2.03. The number of halogens is 1. The molecular weight excluding hydrogens is 290 g/mol. The number of aryl methyl sites for hydroxylation is 1. The van der Waals surface area contributed by atoms with Crippen molar-refractivity contribution < 1.29 is 0 Å². The first-order valence-electron chi connectivity index (χ1n) is 5.83. The van der Waals surface area contributed by atoms with Crippen LogP contribution in [0, 0.1) is 6.92 Å². The molecule has 0 bridgehead atoms. The van der Waals surface area contributed by atoms with E-state index >= 15 is 0 Å². The number of hydrogen-bond donors (Lipinski definition) is 2. The molecular formula is C14H16BrN3. The van der Waals surface area contributed by atoms with Crippen molar-refractivity contribution in [3.8, 4) is 0 Å². The van der Waals surface area contributed by atoms with Crippen LogP contribution in [-0.2, 0) is 13.1 Å². The highest BCUT2D eigenvalue weighted by atomic mass is 79.9. The summed E-state index contributed by atoms with van der Waals surface area (Å²) in [7, 11) is 0. The number of hydrogen-bond acceptors (Lipinski definition) is 3. The minimum Gasteiger partial charge on any atom is -0.365 e. The topological polar surface area (TPSA) is 50.9 Å². The van der Waals surface area contributed by atoms with Gasteiger partial charge in [0.1, 0.15) is 5.82 Å². The summed E-state index contributed by atoms with van der Waals surface area (Å²) in [6, 6.07) is 10.3. The first-order valence-corrected chi connectivity index (χ1v) is 6.62. The summed E-state index contributed by atoms with van der Waals surface area (Å²) in [6.45, 7) is 3.35. The van der Waals surface area contributed by atoms with Crippen molar-refractivity contribution in [2.75, 3.05) is 5.32 Å². The highest BCUT2D eigenvalue weighted by Gasteiger charge is 2.01. The van der Waals surface area contributed by atoms with Crippen molar-refractivity contribution in [2.45, 2.75) is 20.0 Å². The highest BCUT2D eigenvalue weighted by Crippen LogP contribution is 2.21. The maximum Gasteiger partial charge on any atom is 0.140 e. The van der Waals surface area contributed by atoms with Gasteiger partial charge in [0.05, 0.1) is 4.47 Å². The minimum absolute atomic E-state index is 0.582. The Morgan fingerprint density at radius 3 is 2.50 bits per heavy atom. The van der Waals surface area contributed by atoms with Gasteiger partial charge in [-0.05, 0) is 45.6 Å². The zero-order valence-corrected chi connectivity index (χ0v) is 11.9. The number of rotatable bonds is 4. The molecule has 4 heteroatoms. The van der Waals surface area contributed by atoms with Gasteiger partial charge in [-0.3, -0.25) is 0 Å². The number of nitrogens with one attached hydrogen (secondary N) is 1. The quantitative estimate of drug-likeness (QED) is 0.912. The normalized spacial score (nSPS) is 10.4. The summed E-state index contributed by atoms with van der Waals surface area (Å²) in [6.07, 6.45) is 1.85. The Kier molecular flexibility index (Phi) is 4.33. The molecule has 0 aliphatic rings. The van der Waals surface area contributed by atoms with Crippen LogP contribution in [0.3, 0.4) is 0 Å². The Bertz CT molecular complexity index is 523. The minimum atomic E-state index is 0.582. The number of nitrogens with two attached hydrogens (primary N) is 1. The average molecular weight is 306 g/mol. The van der Waals surface area contributed by atoms with Gasteiger partial charge in [-0.1, -0.05) is 24.3 Å². The van der Waals surface area contributed by atoms with E-state index in [4.69, 9.17) is 5.73 Å². The molecule has 18 heavy (non-hydrogen) atoms. The van der Waals surface area contributed by atoms with E-state index in [0.29, 0.717) is 6.54 Å². The van der Waals surface area contributed by atoms with E-state index < -0.39 is 0 Å². The molecule has 0 saturated carbocycles. The fourth-order valence-electron chi connectivity index (χ4n) is 1.64. The molecule has 1 heterocycles. The molecule has 0 saturated heterocycles. The summed E-state index contributed by atoms with van der Waals surface area (Å²) in [5.74, 6) is 0.864. The van der Waals surface area contributed by atoms with Crippen LogP contribution in [0.25, 0.3) is 0 Å². The van der Waals surface area contributed by atoms with Crippen LogP contribution in [0.5, 0.6) is 0 Å². The van der Waals surface area contributed by atoms with Crippen molar-refractivity contribution in [3.05, 3.63) is 57.7 Å². The smallest absolute Gasteiger partial charge is 0.140 e. The fourth-order valence-corrected chi connectivity index (χ4v) is 2.25. The van der Waals surface area contributed by atoms with E-state index in [0.717, 1.165) is 28.0 Å². The monoisotopic (exact) mass is 305 g/mol. The van der Waals surface area contributed by atoms with Crippen molar-refractivity contribution in [1.82, 2.24) is 4.98 Å². The van der Waals surface area contributed by atoms with Crippen molar-refractivity contribution in [3.63, 3.8) is 0 Å². The molecule has 0 amide bonds. The second-order valence-electron chi connectivity index (χ2n) is 4.22. The SMILES string of the molecule is Cc1cnc(NCc2ccc(CN)cc2)c(Br)c1. The molecule has 2 aromatic rings. The maximum atomic E-state index is 5.57. The lowest BCUT2D eigenvalue weighted by Gasteiger charge is -2.08. The lowest BCUT2D eigenvalue weighted by atomic mass is 10.1. The van der Waals surface area contributed by atoms with Gasteiger partial charge in [-0.25, -0.2) is 4.98 Å². The fraction of sp³-hybridized carbons (Fsp3) is 0.214. The predicted octanol–water partition coefficient (Wildman–Crippen LogP) is 3.22. The number of pyridine rings is 1. The Morgan fingerprint density at radius 1 is 1.22 bits per heavy atom. The predicted molar refractivity (Wildman–Crippen MR) is 78.3 cm³/mol. The molecule has 0 radical (unpaired) electrons. The number of benzene rings is 1. The average Bonchev–Trinajstić information content (AvgIpc) is 2.38. The van der Waals surface area contributed by atoms with Gasteiger partial charge >= 0.3 is 0 Å². The zero-order chi connectivity index (χ0) is 13.0.